The molecule has 0 aliphatic rings. The molecule has 0 radical (unpaired) electrons. The van der Waals surface area contributed by atoms with Crippen LogP contribution in [0.5, 0.6) is 0 Å². The first kappa shape index (κ1) is 11.4. The number of carbonyl (C=O) groups is 1. The number of hydrogen-bond acceptors (Lipinski definition) is 3. The third-order valence-electron chi connectivity index (χ3n) is 1.57. The van der Waals surface area contributed by atoms with Crippen molar-refractivity contribution in [3.05, 3.63) is 0 Å². The number of hydrogen-bond donors (Lipinski definition) is 3. The second kappa shape index (κ2) is 5.97. The Morgan fingerprint density at radius 3 is 2.58 bits per heavy atom. The number of amides is 1. The van der Waals surface area contributed by atoms with Gasteiger partial charge in [-0.15, -0.1) is 0 Å². The lowest BCUT2D eigenvalue weighted by molar-refractivity contribution is -0.124. The van der Waals surface area contributed by atoms with Crippen LogP contribution < -0.4 is 11.1 Å². The maximum absolute atomic E-state index is 11.0. The normalized spacial score (nSPS) is 13.1. The fourth-order valence-corrected chi connectivity index (χ4v) is 0.684. The van der Waals surface area contributed by atoms with Crippen molar-refractivity contribution in [3.63, 3.8) is 0 Å². The zero-order valence-electron chi connectivity index (χ0n) is 7.71. The van der Waals surface area contributed by atoms with E-state index in [9.17, 15) is 4.79 Å². The molecular weight excluding hydrogens is 156 g/mol. The van der Waals surface area contributed by atoms with Crippen LogP contribution in [0.2, 0.25) is 0 Å². The fourth-order valence-electron chi connectivity index (χ4n) is 0.684. The first-order chi connectivity index (χ1) is 5.57. The molecule has 4 nitrogen and oxygen atoms in total. The van der Waals surface area contributed by atoms with E-state index in [1.807, 2.05) is 13.8 Å². The lowest BCUT2D eigenvalue weighted by Crippen LogP contribution is -2.32. The van der Waals surface area contributed by atoms with Crippen molar-refractivity contribution in [2.24, 2.45) is 11.7 Å². The zero-order chi connectivity index (χ0) is 9.56. The summed E-state index contributed by atoms with van der Waals surface area (Å²) in [5, 5.41) is 11.7. The minimum absolute atomic E-state index is 0.0000180. The van der Waals surface area contributed by atoms with Gasteiger partial charge in [-0.25, -0.2) is 0 Å². The molecule has 0 aliphatic carbocycles. The molecule has 0 aliphatic heterocycles. The van der Waals surface area contributed by atoms with E-state index < -0.39 is 6.10 Å². The first-order valence-electron chi connectivity index (χ1n) is 4.23. The summed E-state index contributed by atoms with van der Waals surface area (Å²) in [7, 11) is 0. The van der Waals surface area contributed by atoms with Gasteiger partial charge in [-0.1, -0.05) is 13.8 Å². The van der Waals surface area contributed by atoms with Gasteiger partial charge in [0.1, 0.15) is 0 Å². The molecule has 0 aromatic carbocycles. The van der Waals surface area contributed by atoms with Crippen molar-refractivity contribution in [1.82, 2.24) is 5.32 Å². The van der Waals surface area contributed by atoms with Gasteiger partial charge in [-0.3, -0.25) is 4.79 Å². The van der Waals surface area contributed by atoms with Crippen molar-refractivity contribution in [2.75, 3.05) is 13.1 Å². The topological polar surface area (TPSA) is 75.3 Å². The highest BCUT2D eigenvalue weighted by atomic mass is 16.3. The molecule has 0 heterocycles. The summed E-state index contributed by atoms with van der Waals surface area (Å²) in [4.78, 5) is 11.0. The number of nitrogens with two attached hydrogens (primary N) is 1. The smallest absolute Gasteiger partial charge is 0.222 e. The molecule has 1 atom stereocenters. The molecule has 0 aromatic rings. The Balaban J connectivity index is 3.37. The van der Waals surface area contributed by atoms with E-state index in [1.54, 1.807) is 0 Å². The highest BCUT2D eigenvalue weighted by molar-refractivity contribution is 5.77. The molecule has 4 N–H and O–H groups in total. The summed E-state index contributed by atoms with van der Waals surface area (Å²) in [5.74, 6) is 0.0132. The molecular formula is C8H18N2O2. The van der Waals surface area contributed by atoms with Gasteiger partial charge in [-0.05, 0) is 6.42 Å². The van der Waals surface area contributed by atoms with Crippen LogP contribution in [0, 0.1) is 5.92 Å². The second-order valence-corrected chi connectivity index (χ2v) is 3.12. The highest BCUT2D eigenvalue weighted by Crippen LogP contribution is 1.91. The molecule has 0 rings (SSSR count). The molecule has 1 unspecified atom stereocenters. The SMILES string of the molecule is CC(C)C(=O)NCCC(O)CN. The van der Waals surface area contributed by atoms with Crippen LogP contribution in [0.25, 0.3) is 0 Å². The maximum atomic E-state index is 11.0. The Hall–Kier alpha value is -0.610. The lowest BCUT2D eigenvalue weighted by atomic mass is 10.2. The summed E-state index contributed by atoms with van der Waals surface area (Å²) in [6.45, 7) is 4.40. The summed E-state index contributed by atoms with van der Waals surface area (Å²) in [5.41, 5.74) is 5.19. The predicted octanol–water partition coefficient (Wildman–Crippen LogP) is -0.532. The average molecular weight is 174 g/mol. The van der Waals surface area contributed by atoms with E-state index in [0.29, 0.717) is 13.0 Å². The van der Waals surface area contributed by atoms with Crippen LogP contribution in [0.1, 0.15) is 20.3 Å². The molecule has 0 saturated heterocycles. The zero-order valence-corrected chi connectivity index (χ0v) is 7.71. The standard InChI is InChI=1S/C8H18N2O2/c1-6(2)8(12)10-4-3-7(11)5-9/h6-7,11H,3-5,9H2,1-2H3,(H,10,12). The van der Waals surface area contributed by atoms with E-state index >= 15 is 0 Å². The number of rotatable bonds is 5. The minimum Gasteiger partial charge on any atom is -0.392 e. The predicted molar refractivity (Wildman–Crippen MR) is 47.5 cm³/mol. The van der Waals surface area contributed by atoms with E-state index in [1.165, 1.54) is 0 Å². The second-order valence-electron chi connectivity index (χ2n) is 3.12. The summed E-state index contributed by atoms with van der Waals surface area (Å²) in [6.07, 6.45) is 0.0204. The third-order valence-corrected chi connectivity index (χ3v) is 1.57. The van der Waals surface area contributed by atoms with Crippen molar-refractivity contribution in [3.8, 4) is 0 Å². The monoisotopic (exact) mass is 174 g/mol. The quantitative estimate of drug-likeness (QED) is 0.524. The van der Waals surface area contributed by atoms with Gasteiger partial charge in [0, 0.05) is 19.0 Å². The summed E-state index contributed by atoms with van der Waals surface area (Å²) >= 11 is 0. The van der Waals surface area contributed by atoms with Crippen LogP contribution in [0.4, 0.5) is 0 Å². The highest BCUT2D eigenvalue weighted by Gasteiger charge is 2.06. The van der Waals surface area contributed by atoms with Crippen LogP contribution >= 0.6 is 0 Å². The molecule has 0 bridgehead atoms. The molecule has 1 amide bonds. The van der Waals surface area contributed by atoms with E-state index in [2.05, 4.69) is 5.32 Å². The number of aliphatic hydroxyl groups excluding tert-OH is 1. The van der Waals surface area contributed by atoms with Crippen molar-refractivity contribution < 1.29 is 9.90 Å². The summed E-state index contributed by atoms with van der Waals surface area (Å²) < 4.78 is 0. The Labute approximate surface area is 73.1 Å². The fraction of sp³-hybridized carbons (Fsp3) is 0.875. The Morgan fingerprint density at radius 1 is 1.58 bits per heavy atom. The molecule has 0 fully saturated rings. The molecule has 0 aromatic heterocycles. The van der Waals surface area contributed by atoms with Crippen LogP contribution in [-0.4, -0.2) is 30.2 Å². The van der Waals surface area contributed by atoms with Crippen LogP contribution in [0.15, 0.2) is 0 Å². The third kappa shape index (κ3) is 5.09. The van der Waals surface area contributed by atoms with Gasteiger partial charge in [0.15, 0.2) is 0 Å². The van der Waals surface area contributed by atoms with E-state index in [0.717, 1.165) is 0 Å². The molecule has 0 saturated carbocycles. The molecule has 4 heteroatoms. The lowest BCUT2D eigenvalue weighted by Gasteiger charge is -2.09. The van der Waals surface area contributed by atoms with Gasteiger partial charge in [-0.2, -0.15) is 0 Å². The van der Waals surface area contributed by atoms with E-state index in [4.69, 9.17) is 10.8 Å². The largest absolute Gasteiger partial charge is 0.392 e. The van der Waals surface area contributed by atoms with Crippen LogP contribution in [-0.2, 0) is 4.79 Å². The van der Waals surface area contributed by atoms with E-state index in [-0.39, 0.29) is 18.4 Å². The molecule has 0 spiro atoms. The Kier molecular flexibility index (Phi) is 5.66. The Morgan fingerprint density at radius 2 is 2.17 bits per heavy atom. The minimum atomic E-state index is -0.502. The van der Waals surface area contributed by atoms with Gasteiger partial charge in [0.05, 0.1) is 6.10 Å². The van der Waals surface area contributed by atoms with Crippen molar-refractivity contribution in [1.29, 1.82) is 0 Å². The number of nitrogens with one attached hydrogen (secondary N) is 1. The number of carbonyl (C=O) groups excluding carboxylic acids is 1. The average Bonchev–Trinajstić information content (AvgIpc) is 2.03. The number of aliphatic hydroxyl groups is 1. The van der Waals surface area contributed by atoms with Gasteiger partial charge < -0.3 is 16.2 Å². The Bertz CT molecular complexity index is 137. The van der Waals surface area contributed by atoms with Gasteiger partial charge >= 0.3 is 0 Å². The maximum Gasteiger partial charge on any atom is 0.222 e. The van der Waals surface area contributed by atoms with Crippen molar-refractivity contribution in [2.45, 2.75) is 26.4 Å². The summed E-state index contributed by atoms with van der Waals surface area (Å²) in [6, 6.07) is 0. The van der Waals surface area contributed by atoms with Crippen molar-refractivity contribution >= 4 is 5.91 Å². The van der Waals surface area contributed by atoms with Crippen LogP contribution in [0.3, 0.4) is 0 Å². The van der Waals surface area contributed by atoms with Gasteiger partial charge in [0.25, 0.3) is 0 Å². The molecule has 12 heavy (non-hydrogen) atoms. The van der Waals surface area contributed by atoms with Gasteiger partial charge in [0.2, 0.25) is 5.91 Å². The molecule has 72 valence electrons. The first-order valence-corrected chi connectivity index (χ1v) is 4.23.